The molecule has 12 heteroatoms. The average molecular weight is 513 g/mol. The molecule has 0 spiro atoms. The first kappa shape index (κ1) is 24.0. The van der Waals surface area contributed by atoms with E-state index in [0.29, 0.717) is 17.5 Å². The molecule has 4 rings (SSSR count). The summed E-state index contributed by atoms with van der Waals surface area (Å²) in [5.41, 5.74) is -0.536. The summed E-state index contributed by atoms with van der Waals surface area (Å²) in [5, 5.41) is 5.83. The minimum Gasteiger partial charge on any atom is -0.354 e. The topological polar surface area (TPSA) is 76.0 Å². The normalized spacial score (nSPS) is 12.3. The van der Waals surface area contributed by atoms with E-state index in [-0.39, 0.29) is 26.9 Å². The van der Waals surface area contributed by atoms with Crippen LogP contribution in [0.4, 0.5) is 28.9 Å². The van der Waals surface area contributed by atoms with Crippen LogP contribution in [0.15, 0.2) is 65.7 Å². The Hall–Kier alpha value is -3.15. The Kier molecular flexibility index (Phi) is 6.28. The lowest BCUT2D eigenvalue weighted by molar-refractivity contribution is -0.140. The summed E-state index contributed by atoms with van der Waals surface area (Å²) in [5.74, 6) is -0.717. The molecule has 0 radical (unpaired) electrons. The lowest BCUT2D eigenvalue weighted by Crippen LogP contribution is -2.13. The Labute approximate surface area is 197 Å². The predicted molar refractivity (Wildman–Crippen MR) is 121 cm³/mol. The zero-order valence-electron chi connectivity index (χ0n) is 17.5. The van der Waals surface area contributed by atoms with E-state index in [2.05, 4.69) is 15.6 Å². The van der Waals surface area contributed by atoms with Crippen LogP contribution in [0.2, 0.25) is 5.15 Å². The fourth-order valence-corrected chi connectivity index (χ4v) is 5.09. The van der Waals surface area contributed by atoms with Gasteiger partial charge < -0.3 is 10.6 Å². The van der Waals surface area contributed by atoms with Crippen LogP contribution in [0.25, 0.3) is 10.9 Å². The smallest absolute Gasteiger partial charge is 0.354 e. The average Bonchev–Trinajstić information content (AvgIpc) is 3.13. The van der Waals surface area contributed by atoms with Gasteiger partial charge >= 0.3 is 6.18 Å². The number of anilines is 2. The van der Waals surface area contributed by atoms with Crippen LogP contribution >= 0.6 is 11.6 Å². The molecule has 2 N–H and O–H groups in total. The Bertz CT molecular complexity index is 1490. The lowest BCUT2D eigenvalue weighted by Gasteiger charge is -2.14. The maximum atomic E-state index is 13.7. The molecule has 6 nitrogen and oxygen atoms in total. The van der Waals surface area contributed by atoms with Gasteiger partial charge in [0.05, 0.1) is 16.1 Å². The molecule has 0 unspecified atom stereocenters. The summed E-state index contributed by atoms with van der Waals surface area (Å²) >= 11 is 5.64. The Balaban J connectivity index is 1.86. The molecule has 2 aromatic carbocycles. The maximum absolute atomic E-state index is 13.7. The van der Waals surface area contributed by atoms with E-state index in [4.69, 9.17) is 11.6 Å². The molecule has 0 saturated heterocycles. The van der Waals surface area contributed by atoms with Crippen molar-refractivity contribution in [3.05, 3.63) is 83.0 Å². The molecular formula is C22H17ClF4N4O2S. The number of rotatable bonds is 6. The predicted octanol–water partition coefficient (Wildman–Crippen LogP) is 5.55. The van der Waals surface area contributed by atoms with E-state index in [1.165, 1.54) is 36.5 Å². The van der Waals surface area contributed by atoms with Crippen LogP contribution in [-0.2, 0) is 22.7 Å². The molecule has 0 aliphatic heterocycles. The molecule has 0 amide bonds. The van der Waals surface area contributed by atoms with Crippen molar-refractivity contribution in [2.24, 2.45) is 0 Å². The molecule has 4 aromatic rings. The lowest BCUT2D eigenvalue weighted by atomic mass is 10.1. The summed E-state index contributed by atoms with van der Waals surface area (Å²) in [6.07, 6.45) is -3.37. The quantitative estimate of drug-likeness (QED) is 0.262. The van der Waals surface area contributed by atoms with Gasteiger partial charge in [-0.15, -0.1) is 0 Å². The Morgan fingerprint density at radius 1 is 1.09 bits per heavy atom. The molecule has 2 aromatic heterocycles. The largest absolute Gasteiger partial charge is 0.435 e. The molecule has 0 aliphatic carbocycles. The van der Waals surface area contributed by atoms with Gasteiger partial charge in [0.15, 0.2) is 5.69 Å². The number of halogens is 5. The SMILES string of the molecule is CNCc1cn(S(=O)(=O)c2cccc(F)c2)c2cc(Nc3ccc(Cl)nc3C(F)(F)F)ccc12. The van der Waals surface area contributed by atoms with Gasteiger partial charge in [-0.25, -0.2) is 21.8 Å². The number of nitrogens with zero attached hydrogens (tertiary/aromatic N) is 2. The van der Waals surface area contributed by atoms with Crippen molar-refractivity contribution in [3.63, 3.8) is 0 Å². The van der Waals surface area contributed by atoms with Gasteiger partial charge in [0.1, 0.15) is 11.0 Å². The molecular weight excluding hydrogens is 496 g/mol. The number of hydrogen-bond acceptors (Lipinski definition) is 5. The molecule has 0 aliphatic rings. The van der Waals surface area contributed by atoms with Gasteiger partial charge in [-0.1, -0.05) is 23.7 Å². The first-order valence-corrected chi connectivity index (χ1v) is 11.6. The summed E-state index contributed by atoms with van der Waals surface area (Å²) < 4.78 is 81.6. The van der Waals surface area contributed by atoms with Gasteiger partial charge in [-0.05, 0) is 55.1 Å². The third-order valence-corrected chi connectivity index (χ3v) is 6.86. The number of aromatic nitrogens is 2. The molecule has 0 saturated carbocycles. The third-order valence-electron chi connectivity index (χ3n) is 4.98. The fourth-order valence-electron chi connectivity index (χ4n) is 3.52. The maximum Gasteiger partial charge on any atom is 0.435 e. The second kappa shape index (κ2) is 8.90. The third kappa shape index (κ3) is 4.59. The summed E-state index contributed by atoms with van der Waals surface area (Å²) in [4.78, 5) is 3.11. The summed E-state index contributed by atoms with van der Waals surface area (Å²) in [6.45, 7) is 0.328. The number of hydrogen-bond donors (Lipinski definition) is 2. The molecule has 2 heterocycles. The highest BCUT2D eigenvalue weighted by Crippen LogP contribution is 2.36. The van der Waals surface area contributed by atoms with Crippen LogP contribution in [0, 0.1) is 5.82 Å². The zero-order chi connectivity index (χ0) is 24.7. The Morgan fingerprint density at radius 2 is 1.85 bits per heavy atom. The van der Waals surface area contributed by atoms with Crippen molar-refractivity contribution < 1.29 is 26.0 Å². The standard InChI is InChI=1S/C22H17ClF4N4O2S/c1-28-11-13-12-31(34(32,33)16-4-2-3-14(24)9-16)19-10-15(5-6-17(13)19)29-18-7-8-20(23)30-21(18)22(25,26)27/h2-10,12,28-29H,11H2,1H3. The van der Waals surface area contributed by atoms with Crippen molar-refractivity contribution in [3.8, 4) is 0 Å². The van der Waals surface area contributed by atoms with Crippen LogP contribution in [-0.4, -0.2) is 24.4 Å². The number of pyridine rings is 1. The van der Waals surface area contributed by atoms with E-state index >= 15 is 0 Å². The number of benzene rings is 2. The molecule has 0 fully saturated rings. The highest BCUT2D eigenvalue weighted by Gasteiger charge is 2.36. The van der Waals surface area contributed by atoms with Gasteiger partial charge in [-0.2, -0.15) is 13.2 Å². The second-order valence-electron chi connectivity index (χ2n) is 7.33. The minimum atomic E-state index is -4.77. The molecule has 178 valence electrons. The summed E-state index contributed by atoms with van der Waals surface area (Å²) in [6, 6.07) is 11.4. The Morgan fingerprint density at radius 3 is 2.53 bits per heavy atom. The van der Waals surface area contributed by atoms with E-state index in [1.807, 2.05) is 0 Å². The highest BCUT2D eigenvalue weighted by atomic mass is 35.5. The zero-order valence-corrected chi connectivity index (χ0v) is 19.1. The number of alkyl halides is 3. The molecule has 0 bridgehead atoms. The van der Waals surface area contributed by atoms with Crippen LogP contribution in [0.1, 0.15) is 11.3 Å². The van der Waals surface area contributed by atoms with Crippen molar-refractivity contribution in [1.82, 2.24) is 14.3 Å². The number of fused-ring (bicyclic) bond motifs is 1. The van der Waals surface area contributed by atoms with Gasteiger partial charge in [-0.3, -0.25) is 0 Å². The van der Waals surface area contributed by atoms with Gasteiger partial charge in [0.25, 0.3) is 10.0 Å². The number of nitrogens with one attached hydrogen (secondary N) is 2. The van der Waals surface area contributed by atoms with Crippen molar-refractivity contribution in [2.45, 2.75) is 17.6 Å². The van der Waals surface area contributed by atoms with E-state index < -0.39 is 27.7 Å². The van der Waals surface area contributed by atoms with Gasteiger partial charge in [0, 0.05) is 23.8 Å². The van der Waals surface area contributed by atoms with Crippen molar-refractivity contribution >= 4 is 43.9 Å². The first-order chi connectivity index (χ1) is 16.0. The summed E-state index contributed by atoms with van der Waals surface area (Å²) in [7, 11) is -2.51. The second-order valence-corrected chi connectivity index (χ2v) is 9.53. The van der Waals surface area contributed by atoms with Crippen LogP contribution in [0.3, 0.4) is 0 Å². The van der Waals surface area contributed by atoms with E-state index in [9.17, 15) is 26.0 Å². The molecule has 0 atom stereocenters. The fraction of sp³-hybridized carbons (Fsp3) is 0.136. The van der Waals surface area contributed by atoms with E-state index in [1.54, 1.807) is 13.1 Å². The highest BCUT2D eigenvalue weighted by molar-refractivity contribution is 7.90. The van der Waals surface area contributed by atoms with Gasteiger partial charge in [0.2, 0.25) is 0 Å². The van der Waals surface area contributed by atoms with Crippen molar-refractivity contribution in [2.75, 3.05) is 12.4 Å². The minimum absolute atomic E-state index is 0.187. The van der Waals surface area contributed by atoms with Crippen LogP contribution < -0.4 is 10.6 Å². The van der Waals surface area contributed by atoms with E-state index in [0.717, 1.165) is 22.2 Å². The first-order valence-electron chi connectivity index (χ1n) is 9.81. The van der Waals surface area contributed by atoms with Crippen LogP contribution in [0.5, 0.6) is 0 Å². The monoisotopic (exact) mass is 512 g/mol. The molecule has 34 heavy (non-hydrogen) atoms. The van der Waals surface area contributed by atoms with Crippen molar-refractivity contribution in [1.29, 1.82) is 0 Å².